The zero-order valence-corrected chi connectivity index (χ0v) is 10.2. The van der Waals surface area contributed by atoms with E-state index in [0.717, 1.165) is 31.6 Å². The highest BCUT2D eigenvalue weighted by Gasteiger charge is 2.33. The lowest BCUT2D eigenvalue weighted by atomic mass is 9.78. The van der Waals surface area contributed by atoms with Crippen molar-refractivity contribution in [1.82, 2.24) is 4.90 Å². The summed E-state index contributed by atoms with van der Waals surface area (Å²) in [5.41, 5.74) is 5.77. The molecular formula is C12H20N2S. The van der Waals surface area contributed by atoms with Crippen LogP contribution in [-0.4, -0.2) is 24.0 Å². The highest BCUT2D eigenvalue weighted by Crippen LogP contribution is 2.32. The molecule has 0 spiro atoms. The Labute approximate surface area is 96.1 Å². The quantitative estimate of drug-likeness (QED) is 0.831. The summed E-state index contributed by atoms with van der Waals surface area (Å²) < 4.78 is 0. The third-order valence-electron chi connectivity index (χ3n) is 3.49. The Balaban J connectivity index is 1.92. The van der Waals surface area contributed by atoms with Crippen LogP contribution < -0.4 is 5.73 Å². The van der Waals surface area contributed by atoms with Crippen LogP contribution in [0.4, 0.5) is 0 Å². The molecule has 0 aliphatic heterocycles. The van der Waals surface area contributed by atoms with Gasteiger partial charge in [-0.1, -0.05) is 13.0 Å². The van der Waals surface area contributed by atoms with Crippen LogP contribution in [0.15, 0.2) is 17.5 Å². The molecule has 1 aliphatic carbocycles. The van der Waals surface area contributed by atoms with Gasteiger partial charge in [0.05, 0.1) is 0 Å². The van der Waals surface area contributed by atoms with Crippen LogP contribution >= 0.6 is 11.3 Å². The van der Waals surface area contributed by atoms with Crippen molar-refractivity contribution in [1.29, 1.82) is 0 Å². The Morgan fingerprint density at radius 1 is 1.53 bits per heavy atom. The van der Waals surface area contributed by atoms with E-state index in [4.69, 9.17) is 5.73 Å². The molecule has 2 rings (SSSR count). The summed E-state index contributed by atoms with van der Waals surface area (Å²) in [6.07, 6.45) is 2.66. The summed E-state index contributed by atoms with van der Waals surface area (Å²) in [4.78, 5) is 4.05. The standard InChI is InChI=1S/C12H20N2S/c1-2-14(9-11-4-3-7-15-11)12-6-5-10(12)8-13/h3-4,7,10,12H,2,5-6,8-9,13H2,1H3. The Bertz CT molecular complexity index is 282. The second kappa shape index (κ2) is 5.10. The van der Waals surface area contributed by atoms with E-state index in [1.54, 1.807) is 0 Å². The van der Waals surface area contributed by atoms with Gasteiger partial charge < -0.3 is 5.73 Å². The van der Waals surface area contributed by atoms with Crippen molar-refractivity contribution in [3.05, 3.63) is 22.4 Å². The first-order valence-electron chi connectivity index (χ1n) is 5.81. The number of nitrogens with two attached hydrogens (primary N) is 1. The van der Waals surface area contributed by atoms with Crippen LogP contribution in [0, 0.1) is 5.92 Å². The van der Waals surface area contributed by atoms with E-state index < -0.39 is 0 Å². The zero-order chi connectivity index (χ0) is 10.7. The van der Waals surface area contributed by atoms with E-state index in [1.165, 1.54) is 17.7 Å². The molecule has 1 aromatic rings. The van der Waals surface area contributed by atoms with Gasteiger partial charge in [-0.3, -0.25) is 4.90 Å². The number of rotatable bonds is 5. The SMILES string of the molecule is CCN(Cc1cccs1)C1CCC1CN. The Morgan fingerprint density at radius 3 is 2.87 bits per heavy atom. The van der Waals surface area contributed by atoms with Crippen molar-refractivity contribution in [3.8, 4) is 0 Å². The fourth-order valence-corrected chi connectivity index (χ4v) is 3.10. The summed E-state index contributed by atoms with van der Waals surface area (Å²) in [7, 11) is 0. The van der Waals surface area contributed by atoms with Gasteiger partial charge in [-0.05, 0) is 43.3 Å². The van der Waals surface area contributed by atoms with Gasteiger partial charge in [-0.25, -0.2) is 0 Å². The molecule has 0 radical (unpaired) electrons. The molecule has 2 atom stereocenters. The smallest absolute Gasteiger partial charge is 0.0330 e. The molecule has 2 nitrogen and oxygen atoms in total. The first kappa shape index (κ1) is 11.1. The van der Waals surface area contributed by atoms with Crippen molar-refractivity contribution in [2.24, 2.45) is 11.7 Å². The predicted octanol–water partition coefficient (Wildman–Crippen LogP) is 2.31. The summed E-state index contributed by atoms with van der Waals surface area (Å²) in [6.45, 7) is 5.35. The molecule has 1 heterocycles. The normalized spacial score (nSPS) is 25.5. The minimum absolute atomic E-state index is 0.738. The number of hydrogen-bond acceptors (Lipinski definition) is 3. The molecule has 1 aliphatic rings. The van der Waals surface area contributed by atoms with Crippen LogP contribution in [0.5, 0.6) is 0 Å². The summed E-state index contributed by atoms with van der Waals surface area (Å²) >= 11 is 1.85. The van der Waals surface area contributed by atoms with Crippen LogP contribution in [0.25, 0.3) is 0 Å². The molecule has 0 bridgehead atoms. The third-order valence-corrected chi connectivity index (χ3v) is 4.36. The van der Waals surface area contributed by atoms with Gasteiger partial charge in [0.25, 0.3) is 0 Å². The maximum absolute atomic E-state index is 5.77. The summed E-state index contributed by atoms with van der Waals surface area (Å²) in [5, 5.41) is 2.16. The molecule has 84 valence electrons. The minimum Gasteiger partial charge on any atom is -0.330 e. The predicted molar refractivity (Wildman–Crippen MR) is 66.0 cm³/mol. The van der Waals surface area contributed by atoms with E-state index in [9.17, 15) is 0 Å². The maximum atomic E-state index is 5.77. The van der Waals surface area contributed by atoms with E-state index in [2.05, 4.69) is 29.3 Å². The molecule has 1 aromatic heterocycles. The van der Waals surface area contributed by atoms with Crippen molar-refractivity contribution in [3.63, 3.8) is 0 Å². The largest absolute Gasteiger partial charge is 0.330 e. The molecule has 1 fully saturated rings. The molecule has 0 aromatic carbocycles. The third kappa shape index (κ3) is 2.41. The van der Waals surface area contributed by atoms with Crippen molar-refractivity contribution < 1.29 is 0 Å². The lowest BCUT2D eigenvalue weighted by Crippen LogP contribution is -2.49. The number of thiophene rings is 1. The summed E-state index contributed by atoms with van der Waals surface area (Å²) in [6, 6.07) is 5.10. The highest BCUT2D eigenvalue weighted by molar-refractivity contribution is 7.09. The van der Waals surface area contributed by atoms with E-state index in [-0.39, 0.29) is 0 Å². The highest BCUT2D eigenvalue weighted by atomic mass is 32.1. The zero-order valence-electron chi connectivity index (χ0n) is 9.36. The van der Waals surface area contributed by atoms with Gasteiger partial charge in [0.1, 0.15) is 0 Å². The second-order valence-corrected chi connectivity index (χ2v) is 5.32. The average molecular weight is 224 g/mol. The molecule has 0 saturated heterocycles. The van der Waals surface area contributed by atoms with Crippen LogP contribution in [0.2, 0.25) is 0 Å². The fraction of sp³-hybridized carbons (Fsp3) is 0.667. The first-order valence-corrected chi connectivity index (χ1v) is 6.69. The van der Waals surface area contributed by atoms with Gasteiger partial charge in [0.2, 0.25) is 0 Å². The second-order valence-electron chi connectivity index (χ2n) is 4.28. The lowest BCUT2D eigenvalue weighted by molar-refractivity contribution is 0.0656. The monoisotopic (exact) mass is 224 g/mol. The van der Waals surface area contributed by atoms with Crippen molar-refractivity contribution in [2.75, 3.05) is 13.1 Å². The maximum Gasteiger partial charge on any atom is 0.0330 e. The van der Waals surface area contributed by atoms with Gasteiger partial charge in [0, 0.05) is 17.5 Å². The van der Waals surface area contributed by atoms with E-state index in [1.807, 2.05) is 11.3 Å². The van der Waals surface area contributed by atoms with Crippen LogP contribution in [-0.2, 0) is 6.54 Å². The Kier molecular flexibility index (Phi) is 3.78. The van der Waals surface area contributed by atoms with Crippen LogP contribution in [0.1, 0.15) is 24.6 Å². The molecule has 1 saturated carbocycles. The van der Waals surface area contributed by atoms with Crippen LogP contribution in [0.3, 0.4) is 0 Å². The molecular weight excluding hydrogens is 204 g/mol. The molecule has 3 heteroatoms. The van der Waals surface area contributed by atoms with Gasteiger partial charge in [0.15, 0.2) is 0 Å². The van der Waals surface area contributed by atoms with E-state index in [0.29, 0.717) is 0 Å². The van der Waals surface area contributed by atoms with Gasteiger partial charge in [-0.15, -0.1) is 11.3 Å². The fourth-order valence-electron chi connectivity index (χ4n) is 2.37. The molecule has 2 N–H and O–H groups in total. The average Bonchev–Trinajstić information content (AvgIpc) is 2.68. The first-order chi connectivity index (χ1) is 7.35. The Morgan fingerprint density at radius 2 is 2.40 bits per heavy atom. The van der Waals surface area contributed by atoms with Crippen molar-refractivity contribution >= 4 is 11.3 Å². The Hall–Kier alpha value is -0.380. The molecule has 2 unspecified atom stereocenters. The van der Waals surface area contributed by atoms with Crippen molar-refractivity contribution in [2.45, 2.75) is 32.4 Å². The molecule has 15 heavy (non-hydrogen) atoms. The van der Waals surface area contributed by atoms with Gasteiger partial charge in [-0.2, -0.15) is 0 Å². The van der Waals surface area contributed by atoms with E-state index >= 15 is 0 Å². The molecule has 0 amide bonds. The minimum atomic E-state index is 0.738. The van der Waals surface area contributed by atoms with Gasteiger partial charge >= 0.3 is 0 Å². The summed E-state index contributed by atoms with van der Waals surface area (Å²) in [5.74, 6) is 0.741. The lowest BCUT2D eigenvalue weighted by Gasteiger charge is -2.43. The number of hydrogen-bond donors (Lipinski definition) is 1. The topological polar surface area (TPSA) is 29.3 Å². The number of nitrogens with zero attached hydrogens (tertiary/aromatic N) is 1.